The minimum Gasteiger partial charge on any atom is -0.192 e. The molecule has 0 heterocycles. The van der Waals surface area contributed by atoms with Crippen LogP contribution < -0.4 is 0 Å². The fraction of sp³-hybridized carbons (Fsp3) is 0.364. The third-order valence-electron chi connectivity index (χ3n) is 1.60. The standard InChI is InChI=1S/C9H6F3N.C2H6/c1-6-2-3-7(5-13)8(4-6)9(10,11)12;1-2/h2-4H,1H3;1-2H3. The number of rotatable bonds is 0. The van der Waals surface area contributed by atoms with Crippen LogP contribution in [0.25, 0.3) is 0 Å². The predicted molar refractivity (Wildman–Crippen MR) is 52.2 cm³/mol. The van der Waals surface area contributed by atoms with Gasteiger partial charge in [0.2, 0.25) is 0 Å². The first-order valence-corrected chi connectivity index (χ1v) is 4.53. The summed E-state index contributed by atoms with van der Waals surface area (Å²) < 4.78 is 36.8. The molecule has 0 aliphatic carbocycles. The van der Waals surface area contributed by atoms with Crippen LogP contribution in [-0.4, -0.2) is 0 Å². The number of hydrogen-bond acceptors (Lipinski definition) is 1. The van der Waals surface area contributed by atoms with Gasteiger partial charge in [0.05, 0.1) is 17.2 Å². The van der Waals surface area contributed by atoms with Crippen molar-refractivity contribution in [3.05, 3.63) is 34.9 Å². The zero-order valence-electron chi connectivity index (χ0n) is 8.81. The molecule has 0 amide bonds. The van der Waals surface area contributed by atoms with Gasteiger partial charge < -0.3 is 0 Å². The van der Waals surface area contributed by atoms with E-state index in [9.17, 15) is 13.2 Å². The van der Waals surface area contributed by atoms with Crippen molar-refractivity contribution in [3.63, 3.8) is 0 Å². The van der Waals surface area contributed by atoms with E-state index in [0.717, 1.165) is 6.07 Å². The largest absolute Gasteiger partial charge is 0.417 e. The molecule has 0 N–H and O–H groups in total. The van der Waals surface area contributed by atoms with E-state index in [-0.39, 0.29) is 5.56 Å². The minimum absolute atomic E-state index is 0.335. The zero-order valence-corrected chi connectivity index (χ0v) is 8.81. The Bertz CT molecular complexity index is 361. The molecule has 0 atom stereocenters. The molecule has 82 valence electrons. The highest BCUT2D eigenvalue weighted by Gasteiger charge is 2.33. The van der Waals surface area contributed by atoms with E-state index in [0.29, 0.717) is 5.56 Å². The fourth-order valence-corrected chi connectivity index (χ4v) is 0.990. The smallest absolute Gasteiger partial charge is 0.192 e. The summed E-state index contributed by atoms with van der Waals surface area (Å²) in [5.74, 6) is 0. The van der Waals surface area contributed by atoms with Crippen LogP contribution in [0.5, 0.6) is 0 Å². The second-order valence-electron chi connectivity index (χ2n) is 2.66. The maximum atomic E-state index is 12.3. The number of halogens is 3. The Morgan fingerprint density at radius 3 is 2.13 bits per heavy atom. The van der Waals surface area contributed by atoms with Crippen LogP contribution in [-0.2, 0) is 6.18 Å². The first kappa shape index (κ1) is 13.5. The van der Waals surface area contributed by atoms with E-state index < -0.39 is 11.7 Å². The van der Waals surface area contributed by atoms with Crippen molar-refractivity contribution < 1.29 is 13.2 Å². The summed E-state index contributed by atoms with van der Waals surface area (Å²) in [5, 5.41) is 8.42. The monoisotopic (exact) mass is 215 g/mol. The number of alkyl halides is 3. The Morgan fingerprint density at radius 1 is 1.20 bits per heavy atom. The third kappa shape index (κ3) is 3.62. The van der Waals surface area contributed by atoms with Gasteiger partial charge in [-0.2, -0.15) is 18.4 Å². The normalized spacial score (nSPS) is 9.93. The number of nitrogens with zero attached hydrogens (tertiary/aromatic N) is 1. The van der Waals surface area contributed by atoms with Crippen molar-refractivity contribution in [2.75, 3.05) is 0 Å². The number of benzene rings is 1. The zero-order chi connectivity index (χ0) is 12.1. The Hall–Kier alpha value is -1.50. The van der Waals surface area contributed by atoms with Crippen molar-refractivity contribution in [2.24, 2.45) is 0 Å². The van der Waals surface area contributed by atoms with Gasteiger partial charge in [-0.3, -0.25) is 0 Å². The molecule has 1 nitrogen and oxygen atoms in total. The molecule has 0 saturated heterocycles. The second kappa shape index (κ2) is 5.40. The van der Waals surface area contributed by atoms with E-state index in [1.807, 2.05) is 13.8 Å². The Kier molecular flexibility index (Phi) is 4.86. The molecule has 0 unspecified atom stereocenters. The second-order valence-corrected chi connectivity index (χ2v) is 2.66. The van der Waals surface area contributed by atoms with E-state index in [1.54, 1.807) is 6.92 Å². The van der Waals surface area contributed by atoms with Gasteiger partial charge >= 0.3 is 6.18 Å². The topological polar surface area (TPSA) is 23.8 Å². The minimum atomic E-state index is -4.45. The summed E-state index contributed by atoms with van der Waals surface area (Å²) in [7, 11) is 0. The number of nitriles is 1. The van der Waals surface area contributed by atoms with Gasteiger partial charge in [0.25, 0.3) is 0 Å². The van der Waals surface area contributed by atoms with Gasteiger partial charge in [0, 0.05) is 0 Å². The van der Waals surface area contributed by atoms with Crippen molar-refractivity contribution >= 4 is 0 Å². The lowest BCUT2D eigenvalue weighted by atomic mass is 10.1. The van der Waals surface area contributed by atoms with Crippen LogP contribution in [0.15, 0.2) is 18.2 Å². The summed E-state index contributed by atoms with van der Waals surface area (Å²) in [5.41, 5.74) is -0.709. The van der Waals surface area contributed by atoms with Gasteiger partial charge in [-0.15, -0.1) is 0 Å². The van der Waals surface area contributed by atoms with Crippen LogP contribution in [0.3, 0.4) is 0 Å². The molecule has 1 rings (SSSR count). The van der Waals surface area contributed by atoms with Gasteiger partial charge in [-0.1, -0.05) is 25.5 Å². The third-order valence-corrected chi connectivity index (χ3v) is 1.60. The maximum absolute atomic E-state index is 12.3. The molecule has 1 aromatic rings. The van der Waals surface area contributed by atoms with E-state index >= 15 is 0 Å². The fourth-order valence-electron chi connectivity index (χ4n) is 0.990. The molecule has 0 bridgehead atoms. The molecule has 1 aromatic carbocycles. The molecule has 0 aliphatic rings. The summed E-state index contributed by atoms with van der Waals surface area (Å²) in [4.78, 5) is 0. The van der Waals surface area contributed by atoms with Crippen LogP contribution in [0.1, 0.15) is 30.5 Å². The van der Waals surface area contributed by atoms with Gasteiger partial charge in [-0.05, 0) is 19.1 Å². The average Bonchev–Trinajstić information content (AvgIpc) is 2.19. The van der Waals surface area contributed by atoms with E-state index in [1.165, 1.54) is 18.2 Å². The van der Waals surface area contributed by atoms with Gasteiger partial charge in [-0.25, -0.2) is 0 Å². The Morgan fingerprint density at radius 2 is 1.73 bits per heavy atom. The molecular weight excluding hydrogens is 203 g/mol. The SMILES string of the molecule is CC.Cc1ccc(C#N)c(C(F)(F)F)c1. The Balaban J connectivity index is 0.000000921. The van der Waals surface area contributed by atoms with Gasteiger partial charge in [0.15, 0.2) is 0 Å². The molecule has 0 aromatic heterocycles. The molecule has 15 heavy (non-hydrogen) atoms. The predicted octanol–water partition coefficient (Wildman–Crippen LogP) is 3.91. The van der Waals surface area contributed by atoms with Crippen molar-refractivity contribution in [1.82, 2.24) is 0 Å². The lowest BCUT2D eigenvalue weighted by Crippen LogP contribution is -2.07. The molecule has 0 saturated carbocycles. The highest BCUT2D eigenvalue weighted by atomic mass is 19.4. The van der Waals surface area contributed by atoms with Crippen LogP contribution in [0.4, 0.5) is 13.2 Å². The van der Waals surface area contributed by atoms with E-state index in [4.69, 9.17) is 5.26 Å². The lowest BCUT2D eigenvalue weighted by molar-refractivity contribution is -0.137. The molecular formula is C11H12F3N. The highest BCUT2D eigenvalue weighted by molar-refractivity contribution is 5.41. The van der Waals surface area contributed by atoms with E-state index in [2.05, 4.69) is 0 Å². The van der Waals surface area contributed by atoms with Crippen molar-refractivity contribution in [1.29, 1.82) is 5.26 Å². The number of hydrogen-bond donors (Lipinski definition) is 0. The van der Waals surface area contributed by atoms with Crippen LogP contribution >= 0.6 is 0 Å². The summed E-state index contributed by atoms with van der Waals surface area (Å²) in [6.45, 7) is 5.55. The first-order valence-electron chi connectivity index (χ1n) is 4.53. The summed E-state index contributed by atoms with van der Waals surface area (Å²) in [6, 6.07) is 5.14. The highest BCUT2D eigenvalue weighted by Crippen LogP contribution is 2.32. The lowest BCUT2D eigenvalue weighted by Gasteiger charge is -2.08. The first-order chi connectivity index (χ1) is 6.95. The molecule has 4 heteroatoms. The van der Waals surface area contributed by atoms with Gasteiger partial charge in [0.1, 0.15) is 0 Å². The summed E-state index contributed by atoms with van der Waals surface area (Å²) in [6.07, 6.45) is -4.45. The number of aryl methyl sites for hydroxylation is 1. The average molecular weight is 215 g/mol. The molecule has 0 radical (unpaired) electrons. The molecule has 0 spiro atoms. The van der Waals surface area contributed by atoms with Crippen molar-refractivity contribution in [2.45, 2.75) is 26.9 Å². The quantitative estimate of drug-likeness (QED) is 0.643. The molecule has 0 aliphatic heterocycles. The van der Waals surface area contributed by atoms with Crippen molar-refractivity contribution in [3.8, 4) is 6.07 Å². The Labute approximate surface area is 87.2 Å². The van der Waals surface area contributed by atoms with Crippen LogP contribution in [0.2, 0.25) is 0 Å². The maximum Gasteiger partial charge on any atom is 0.417 e. The van der Waals surface area contributed by atoms with Crippen LogP contribution in [0, 0.1) is 18.3 Å². The molecule has 0 fully saturated rings. The summed E-state index contributed by atoms with van der Waals surface area (Å²) >= 11 is 0.